The van der Waals surface area contributed by atoms with Crippen LogP contribution in [0.4, 0.5) is 26.3 Å². The first kappa shape index (κ1) is 25.5. The van der Waals surface area contributed by atoms with Gasteiger partial charge in [0.25, 0.3) is 0 Å². The van der Waals surface area contributed by atoms with Gasteiger partial charge in [0.15, 0.2) is 0 Å². The third-order valence-electron chi connectivity index (χ3n) is 5.52. The predicted molar refractivity (Wildman–Crippen MR) is 113 cm³/mol. The van der Waals surface area contributed by atoms with Gasteiger partial charge in [-0.25, -0.2) is 9.97 Å². The largest absolute Gasteiger partial charge is 0.573 e. The molecule has 0 radical (unpaired) electrons. The van der Waals surface area contributed by atoms with Crippen LogP contribution in [0.2, 0.25) is 0 Å². The van der Waals surface area contributed by atoms with Crippen molar-refractivity contribution in [3.63, 3.8) is 0 Å². The number of aliphatic hydroxyl groups is 1. The Hall–Kier alpha value is -3.14. The van der Waals surface area contributed by atoms with Crippen molar-refractivity contribution in [2.24, 2.45) is 5.41 Å². The van der Waals surface area contributed by atoms with Crippen LogP contribution in [0.25, 0.3) is 11.1 Å². The number of ether oxygens (including phenoxy) is 1. The van der Waals surface area contributed by atoms with Gasteiger partial charge >= 0.3 is 12.5 Å². The zero-order valence-corrected chi connectivity index (χ0v) is 18.7. The molecule has 1 unspecified atom stereocenters. The zero-order chi connectivity index (χ0) is 25.5. The van der Waals surface area contributed by atoms with Crippen molar-refractivity contribution < 1.29 is 36.2 Å². The fourth-order valence-corrected chi connectivity index (χ4v) is 3.90. The van der Waals surface area contributed by atoms with Crippen molar-refractivity contribution >= 4 is 0 Å². The number of benzene rings is 2. The highest BCUT2D eigenvalue weighted by Crippen LogP contribution is 2.49. The molecule has 3 aromatic rings. The van der Waals surface area contributed by atoms with Crippen LogP contribution < -0.4 is 4.74 Å². The molecule has 0 fully saturated rings. The van der Waals surface area contributed by atoms with Gasteiger partial charge in [-0.05, 0) is 47.2 Å². The first-order valence-corrected chi connectivity index (χ1v) is 10.1. The Morgan fingerprint density at radius 2 is 1.44 bits per heavy atom. The lowest BCUT2D eigenvalue weighted by atomic mass is 9.67. The van der Waals surface area contributed by atoms with E-state index < -0.39 is 34.9 Å². The topological polar surface area (TPSA) is 55.2 Å². The molecule has 1 heterocycles. The predicted octanol–water partition coefficient (Wildman–Crippen LogP) is 6.65. The molecule has 34 heavy (non-hydrogen) atoms. The summed E-state index contributed by atoms with van der Waals surface area (Å²) >= 11 is 0. The highest BCUT2D eigenvalue weighted by atomic mass is 19.4. The molecule has 1 N–H and O–H groups in total. The van der Waals surface area contributed by atoms with Crippen LogP contribution in [0.5, 0.6) is 5.75 Å². The summed E-state index contributed by atoms with van der Waals surface area (Å²) in [6.07, 6.45) is -6.01. The number of nitrogens with zero attached hydrogens (tertiary/aromatic N) is 2. The lowest BCUT2D eigenvalue weighted by molar-refractivity contribution is -0.274. The third kappa shape index (κ3) is 5.01. The van der Waals surface area contributed by atoms with Crippen molar-refractivity contribution in [2.75, 3.05) is 0 Å². The molecule has 10 heteroatoms. The molecule has 0 saturated carbocycles. The number of aryl methyl sites for hydroxylation is 1. The van der Waals surface area contributed by atoms with E-state index in [9.17, 15) is 31.4 Å². The fraction of sp³-hybridized carbons (Fsp3) is 0.333. The molecule has 0 saturated heterocycles. The van der Waals surface area contributed by atoms with E-state index in [1.165, 1.54) is 43.8 Å². The van der Waals surface area contributed by atoms with E-state index in [2.05, 4.69) is 14.7 Å². The van der Waals surface area contributed by atoms with Crippen LogP contribution in [0.3, 0.4) is 0 Å². The Kier molecular flexibility index (Phi) is 6.43. The summed E-state index contributed by atoms with van der Waals surface area (Å²) in [4.78, 5) is 7.70. The molecular weight excluding hydrogens is 462 g/mol. The minimum absolute atomic E-state index is 0.0885. The second kappa shape index (κ2) is 8.57. The summed E-state index contributed by atoms with van der Waals surface area (Å²) in [6.45, 7) is 6.25. The maximum Gasteiger partial charge on any atom is 0.573 e. The normalized spacial score (nSPS) is 14.6. The standard InChI is InChI=1S/C24H22F6N2O2/c1-14-9-17(34-24(28,29)30)6-7-18(14)15-5-8-19(20(10-15)23(25,26)27)22(33,21(2,3)4)16-11-31-13-32-12-16/h5-13,33H,1-4H3. The number of hydrogen-bond acceptors (Lipinski definition) is 4. The summed E-state index contributed by atoms with van der Waals surface area (Å²) in [5.41, 5.74) is -3.89. The maximum atomic E-state index is 14.2. The zero-order valence-electron chi connectivity index (χ0n) is 18.7. The minimum atomic E-state index is -4.89. The van der Waals surface area contributed by atoms with Crippen LogP contribution in [0.15, 0.2) is 55.1 Å². The first-order chi connectivity index (χ1) is 15.5. The molecule has 0 aliphatic carbocycles. The molecule has 4 nitrogen and oxygen atoms in total. The van der Waals surface area contributed by atoms with E-state index in [1.807, 2.05) is 0 Å². The highest BCUT2D eigenvalue weighted by molar-refractivity contribution is 5.70. The number of aromatic nitrogens is 2. The Morgan fingerprint density at radius 1 is 0.824 bits per heavy atom. The van der Waals surface area contributed by atoms with Gasteiger partial charge < -0.3 is 9.84 Å². The van der Waals surface area contributed by atoms with Crippen LogP contribution in [-0.4, -0.2) is 21.4 Å². The summed E-state index contributed by atoms with van der Waals surface area (Å²) in [5.74, 6) is -0.479. The molecule has 0 spiro atoms. The van der Waals surface area contributed by atoms with Crippen LogP contribution in [0.1, 0.15) is 43.0 Å². The van der Waals surface area contributed by atoms with Crippen LogP contribution in [-0.2, 0) is 11.8 Å². The van der Waals surface area contributed by atoms with Gasteiger partial charge in [0, 0.05) is 23.5 Å². The van der Waals surface area contributed by atoms with E-state index >= 15 is 0 Å². The SMILES string of the molecule is Cc1cc(OC(F)(F)F)ccc1-c1ccc(C(O)(c2cncnc2)C(C)(C)C)c(C(F)(F)F)c1. The average molecular weight is 484 g/mol. The maximum absolute atomic E-state index is 14.2. The van der Waals surface area contributed by atoms with E-state index in [0.717, 1.165) is 18.2 Å². The molecule has 2 aromatic carbocycles. The third-order valence-corrected chi connectivity index (χ3v) is 5.52. The molecule has 0 aliphatic heterocycles. The number of rotatable bonds is 4. The van der Waals surface area contributed by atoms with E-state index in [0.29, 0.717) is 0 Å². The summed E-state index contributed by atoms with van der Waals surface area (Å²) < 4.78 is 84.1. The van der Waals surface area contributed by atoms with Crippen LogP contribution >= 0.6 is 0 Å². The highest BCUT2D eigenvalue weighted by Gasteiger charge is 2.49. The Bertz CT molecular complexity index is 1170. The Labute approximate surface area is 192 Å². The monoisotopic (exact) mass is 484 g/mol. The molecule has 0 bridgehead atoms. The van der Waals surface area contributed by atoms with E-state index in [4.69, 9.17) is 0 Å². The number of hydrogen-bond donors (Lipinski definition) is 1. The second-order valence-electron chi connectivity index (χ2n) is 8.87. The van der Waals surface area contributed by atoms with Gasteiger partial charge in [0.05, 0.1) is 5.56 Å². The van der Waals surface area contributed by atoms with Crippen molar-refractivity contribution in [3.8, 4) is 16.9 Å². The van der Waals surface area contributed by atoms with Crippen molar-refractivity contribution in [3.05, 3.63) is 77.4 Å². The summed E-state index contributed by atoms with van der Waals surface area (Å²) in [6, 6.07) is 6.82. The first-order valence-electron chi connectivity index (χ1n) is 10.1. The van der Waals surface area contributed by atoms with Gasteiger partial charge in [-0.15, -0.1) is 13.2 Å². The molecule has 0 amide bonds. The van der Waals surface area contributed by atoms with Gasteiger partial charge in [-0.1, -0.05) is 39.0 Å². The quantitative estimate of drug-likeness (QED) is 0.421. The molecule has 0 aliphatic rings. The van der Waals surface area contributed by atoms with Crippen molar-refractivity contribution in [2.45, 2.75) is 45.8 Å². The summed E-state index contributed by atoms with van der Waals surface area (Å²) in [7, 11) is 0. The average Bonchev–Trinajstić information content (AvgIpc) is 2.71. The van der Waals surface area contributed by atoms with Gasteiger partial charge in [-0.2, -0.15) is 13.2 Å². The number of alkyl halides is 6. The fourth-order valence-electron chi connectivity index (χ4n) is 3.90. The summed E-state index contributed by atoms with van der Waals surface area (Å²) in [5, 5.41) is 11.7. The molecular formula is C24H22F6N2O2. The number of halogens is 6. The van der Waals surface area contributed by atoms with E-state index in [-0.39, 0.29) is 27.8 Å². The van der Waals surface area contributed by atoms with Crippen molar-refractivity contribution in [1.82, 2.24) is 9.97 Å². The van der Waals surface area contributed by atoms with Gasteiger partial charge in [0.2, 0.25) is 0 Å². The molecule has 182 valence electrons. The van der Waals surface area contributed by atoms with Gasteiger partial charge in [0.1, 0.15) is 17.7 Å². The van der Waals surface area contributed by atoms with E-state index in [1.54, 1.807) is 20.8 Å². The van der Waals surface area contributed by atoms with Crippen LogP contribution in [0, 0.1) is 12.3 Å². The molecule has 1 aromatic heterocycles. The van der Waals surface area contributed by atoms with Gasteiger partial charge in [-0.3, -0.25) is 0 Å². The Balaban J connectivity index is 2.21. The minimum Gasteiger partial charge on any atom is -0.406 e. The lowest BCUT2D eigenvalue weighted by Crippen LogP contribution is -2.42. The lowest BCUT2D eigenvalue weighted by Gasteiger charge is -2.42. The Morgan fingerprint density at radius 3 is 1.94 bits per heavy atom. The molecule has 3 rings (SSSR count). The van der Waals surface area contributed by atoms with Crippen molar-refractivity contribution in [1.29, 1.82) is 0 Å². The molecule has 1 atom stereocenters. The second-order valence-corrected chi connectivity index (χ2v) is 8.87. The smallest absolute Gasteiger partial charge is 0.406 e.